The maximum Gasteiger partial charge on any atom is 0.416 e. The number of hydrogen-bond donors (Lipinski definition) is 1. The van der Waals surface area contributed by atoms with Crippen molar-refractivity contribution in [1.82, 2.24) is 0 Å². The molecule has 1 aromatic rings. The second kappa shape index (κ2) is 5.91. The van der Waals surface area contributed by atoms with Crippen LogP contribution in [-0.2, 0) is 12.8 Å². The van der Waals surface area contributed by atoms with Crippen LogP contribution >= 0.6 is 0 Å². The first-order chi connectivity index (χ1) is 8.40. The lowest BCUT2D eigenvalue weighted by molar-refractivity contribution is -0.138. The second-order valence-electron chi connectivity index (χ2n) is 4.00. The summed E-state index contributed by atoms with van der Waals surface area (Å²) in [5.41, 5.74) is -0.419. The van der Waals surface area contributed by atoms with E-state index in [1.54, 1.807) is 24.1 Å². The summed E-state index contributed by atoms with van der Waals surface area (Å²) in [5, 5.41) is 8.93. The number of benzene rings is 1. The van der Waals surface area contributed by atoms with E-state index < -0.39 is 18.3 Å². The van der Waals surface area contributed by atoms with Gasteiger partial charge in [-0.15, -0.1) is 6.58 Å². The molecule has 18 heavy (non-hydrogen) atoms. The molecule has 0 amide bonds. The fourth-order valence-electron chi connectivity index (χ4n) is 1.62. The molecule has 1 N–H and O–H groups in total. The summed E-state index contributed by atoms with van der Waals surface area (Å²) in [4.78, 5) is 1.72. The summed E-state index contributed by atoms with van der Waals surface area (Å²) in [7, 11) is 1.72. The molecule has 0 spiro atoms. The normalized spacial score (nSPS) is 11.4. The second-order valence-corrected chi connectivity index (χ2v) is 4.00. The summed E-state index contributed by atoms with van der Waals surface area (Å²) in [6, 6.07) is 3.95. The van der Waals surface area contributed by atoms with Crippen molar-refractivity contribution in [3.05, 3.63) is 42.0 Å². The number of aliphatic hydroxyl groups excluding tert-OH is 1. The first-order valence-electron chi connectivity index (χ1n) is 5.53. The minimum atomic E-state index is -4.45. The number of anilines is 1. The summed E-state index contributed by atoms with van der Waals surface area (Å²) in [5.74, 6) is 0. The molecule has 0 saturated carbocycles. The molecule has 0 radical (unpaired) electrons. The van der Waals surface area contributed by atoms with Crippen molar-refractivity contribution in [2.45, 2.75) is 19.2 Å². The predicted molar refractivity (Wildman–Crippen MR) is 65.5 cm³/mol. The molecule has 0 fully saturated rings. The highest BCUT2D eigenvalue weighted by Gasteiger charge is 2.33. The smallest absolute Gasteiger partial charge is 0.392 e. The van der Waals surface area contributed by atoms with E-state index in [0.717, 1.165) is 6.07 Å². The third kappa shape index (κ3) is 3.50. The largest absolute Gasteiger partial charge is 0.416 e. The van der Waals surface area contributed by atoms with Gasteiger partial charge in [-0.1, -0.05) is 12.1 Å². The molecule has 1 rings (SSSR count). The van der Waals surface area contributed by atoms with Crippen LogP contribution in [0.4, 0.5) is 18.9 Å². The predicted octanol–water partition coefficient (Wildman–Crippen LogP) is 3.21. The zero-order chi connectivity index (χ0) is 13.8. The highest BCUT2D eigenvalue weighted by Crippen LogP contribution is 2.34. The molecular weight excluding hydrogens is 243 g/mol. The molecule has 0 aliphatic heterocycles. The van der Waals surface area contributed by atoms with Crippen LogP contribution in [0.3, 0.4) is 0 Å². The van der Waals surface area contributed by atoms with E-state index in [1.165, 1.54) is 6.07 Å². The Morgan fingerprint density at radius 3 is 2.56 bits per heavy atom. The SMILES string of the molecule is C=CCCN(C)c1ccc(CO)c(C(F)(F)F)c1. The quantitative estimate of drug-likeness (QED) is 0.821. The van der Waals surface area contributed by atoms with Gasteiger partial charge in [0.1, 0.15) is 0 Å². The van der Waals surface area contributed by atoms with Crippen molar-refractivity contribution in [3.63, 3.8) is 0 Å². The first-order valence-corrected chi connectivity index (χ1v) is 5.53. The van der Waals surface area contributed by atoms with Crippen LogP contribution in [0.2, 0.25) is 0 Å². The van der Waals surface area contributed by atoms with Gasteiger partial charge in [0.25, 0.3) is 0 Å². The lowest BCUT2D eigenvalue weighted by atomic mass is 10.1. The average Bonchev–Trinajstić information content (AvgIpc) is 2.34. The molecule has 0 heterocycles. The fourth-order valence-corrected chi connectivity index (χ4v) is 1.62. The van der Waals surface area contributed by atoms with Crippen LogP contribution in [-0.4, -0.2) is 18.7 Å². The molecule has 5 heteroatoms. The van der Waals surface area contributed by atoms with Crippen LogP contribution in [0, 0.1) is 0 Å². The number of aliphatic hydroxyl groups is 1. The third-order valence-corrected chi connectivity index (χ3v) is 2.68. The Balaban J connectivity index is 3.06. The molecule has 0 aromatic heterocycles. The van der Waals surface area contributed by atoms with Crippen LogP contribution in [0.15, 0.2) is 30.9 Å². The summed E-state index contributed by atoms with van der Waals surface area (Å²) in [6.45, 7) is 3.55. The van der Waals surface area contributed by atoms with E-state index >= 15 is 0 Å². The van der Waals surface area contributed by atoms with Gasteiger partial charge in [0, 0.05) is 19.3 Å². The minimum absolute atomic E-state index is 0.108. The van der Waals surface area contributed by atoms with Gasteiger partial charge in [-0.25, -0.2) is 0 Å². The van der Waals surface area contributed by atoms with Gasteiger partial charge in [-0.05, 0) is 24.1 Å². The number of alkyl halides is 3. The van der Waals surface area contributed by atoms with Gasteiger partial charge in [0.2, 0.25) is 0 Å². The zero-order valence-electron chi connectivity index (χ0n) is 10.2. The summed E-state index contributed by atoms with van der Waals surface area (Å²) < 4.78 is 38.4. The Bertz CT molecular complexity index is 415. The Hall–Kier alpha value is -1.49. The fraction of sp³-hybridized carbons (Fsp3) is 0.385. The first kappa shape index (κ1) is 14.6. The van der Waals surface area contributed by atoms with E-state index in [4.69, 9.17) is 5.11 Å². The molecule has 1 aromatic carbocycles. The van der Waals surface area contributed by atoms with E-state index in [-0.39, 0.29) is 5.56 Å². The maximum absolute atomic E-state index is 12.8. The van der Waals surface area contributed by atoms with Gasteiger partial charge in [0.05, 0.1) is 12.2 Å². The molecule has 0 aliphatic carbocycles. The summed E-state index contributed by atoms with van der Waals surface area (Å²) >= 11 is 0. The topological polar surface area (TPSA) is 23.5 Å². The minimum Gasteiger partial charge on any atom is -0.392 e. The lowest BCUT2D eigenvalue weighted by Crippen LogP contribution is -2.19. The van der Waals surface area contributed by atoms with Crippen molar-refractivity contribution in [2.24, 2.45) is 0 Å². The molecule has 0 aliphatic rings. The van der Waals surface area contributed by atoms with Gasteiger partial charge >= 0.3 is 6.18 Å². The standard InChI is InChI=1S/C13H16F3NO/c1-3-4-7-17(2)11-6-5-10(9-18)12(8-11)13(14,15)16/h3,5-6,8,18H,1,4,7,9H2,2H3. The third-order valence-electron chi connectivity index (χ3n) is 2.68. The van der Waals surface area contributed by atoms with Gasteiger partial charge in [-0.2, -0.15) is 13.2 Å². The Morgan fingerprint density at radius 2 is 2.06 bits per heavy atom. The van der Waals surface area contributed by atoms with Gasteiger partial charge in [0.15, 0.2) is 0 Å². The molecule has 0 saturated heterocycles. The molecular formula is C13H16F3NO. The van der Waals surface area contributed by atoms with Crippen LogP contribution in [0.25, 0.3) is 0 Å². The monoisotopic (exact) mass is 259 g/mol. The molecule has 0 unspecified atom stereocenters. The van der Waals surface area contributed by atoms with Crippen molar-refractivity contribution < 1.29 is 18.3 Å². The Kier molecular flexibility index (Phi) is 4.78. The van der Waals surface area contributed by atoms with Crippen molar-refractivity contribution in [3.8, 4) is 0 Å². The number of halogens is 3. The van der Waals surface area contributed by atoms with E-state index in [2.05, 4.69) is 6.58 Å². The van der Waals surface area contributed by atoms with Crippen LogP contribution < -0.4 is 4.90 Å². The molecule has 2 nitrogen and oxygen atoms in total. The summed E-state index contributed by atoms with van der Waals surface area (Å²) in [6.07, 6.45) is -2.05. The highest BCUT2D eigenvalue weighted by molar-refractivity contribution is 5.51. The average molecular weight is 259 g/mol. The molecule has 100 valence electrons. The van der Waals surface area contributed by atoms with Gasteiger partial charge in [-0.3, -0.25) is 0 Å². The zero-order valence-corrected chi connectivity index (χ0v) is 10.2. The molecule has 0 atom stereocenters. The van der Waals surface area contributed by atoms with Crippen molar-refractivity contribution in [1.29, 1.82) is 0 Å². The van der Waals surface area contributed by atoms with Crippen molar-refractivity contribution >= 4 is 5.69 Å². The lowest BCUT2D eigenvalue weighted by Gasteiger charge is -2.21. The van der Waals surface area contributed by atoms with E-state index in [1.807, 2.05) is 0 Å². The van der Waals surface area contributed by atoms with Gasteiger partial charge < -0.3 is 10.0 Å². The van der Waals surface area contributed by atoms with E-state index in [0.29, 0.717) is 18.7 Å². The number of hydrogen-bond acceptors (Lipinski definition) is 2. The highest BCUT2D eigenvalue weighted by atomic mass is 19.4. The van der Waals surface area contributed by atoms with Crippen molar-refractivity contribution in [2.75, 3.05) is 18.5 Å². The number of rotatable bonds is 5. The van der Waals surface area contributed by atoms with Crippen LogP contribution in [0.5, 0.6) is 0 Å². The Morgan fingerprint density at radius 1 is 1.39 bits per heavy atom. The van der Waals surface area contributed by atoms with Crippen LogP contribution in [0.1, 0.15) is 17.5 Å². The van der Waals surface area contributed by atoms with E-state index in [9.17, 15) is 13.2 Å². The number of nitrogens with zero attached hydrogens (tertiary/aromatic N) is 1. The molecule has 0 bridgehead atoms. The maximum atomic E-state index is 12.8. The Labute approximate surface area is 104 Å².